The summed E-state index contributed by atoms with van der Waals surface area (Å²) in [5, 5.41) is 20.6. The number of carbonyl (C=O) groups excluding carboxylic acids is 1. The molecule has 2 N–H and O–H groups in total. The Morgan fingerprint density at radius 3 is 2.87 bits per heavy atom. The average Bonchev–Trinajstić information content (AvgIpc) is 3.12. The van der Waals surface area contributed by atoms with E-state index in [1.54, 1.807) is 0 Å². The molecule has 0 aromatic rings. The molecule has 2 fully saturated rings. The van der Waals surface area contributed by atoms with Crippen molar-refractivity contribution in [3.8, 4) is 0 Å². The van der Waals surface area contributed by atoms with Crippen LogP contribution >= 0.6 is 0 Å². The first-order chi connectivity index (χ1) is 14.8. The van der Waals surface area contributed by atoms with Gasteiger partial charge < -0.3 is 14.6 Å². The Kier molecular flexibility index (Phi) is 4.67. The Balaban J connectivity index is 1.55. The zero-order valence-electron chi connectivity index (χ0n) is 17.9. The summed E-state index contributed by atoms with van der Waals surface area (Å²) in [4.78, 5) is 30.7. The molecule has 31 heavy (non-hydrogen) atoms. The molecule has 9 heteroatoms. The van der Waals surface area contributed by atoms with E-state index in [4.69, 9.17) is 9.47 Å². The van der Waals surface area contributed by atoms with Crippen LogP contribution in [0.3, 0.4) is 0 Å². The van der Waals surface area contributed by atoms with Gasteiger partial charge in [-0.15, -0.1) is 0 Å². The number of amides is 2. The lowest BCUT2D eigenvalue weighted by Gasteiger charge is -2.44. The lowest BCUT2D eigenvalue weighted by atomic mass is 9.61. The quantitative estimate of drug-likeness (QED) is 0.525. The van der Waals surface area contributed by atoms with Crippen molar-refractivity contribution in [1.82, 2.24) is 9.96 Å². The summed E-state index contributed by atoms with van der Waals surface area (Å²) >= 11 is 0. The molecule has 5 rings (SSSR count). The average molecular weight is 431 g/mol. The van der Waals surface area contributed by atoms with Gasteiger partial charge in [0, 0.05) is 49.4 Å². The SMILES string of the molecule is CO[C@]1(N(C(=O)O)[C@@H]2CC3=CN=CCC45CC(C)CC[C@H]4OC(=C35)C2)CCN(O)C1=O. The van der Waals surface area contributed by atoms with Gasteiger partial charge in [0.2, 0.25) is 5.72 Å². The third kappa shape index (κ3) is 2.79. The number of methoxy groups -OCH3 is 1. The van der Waals surface area contributed by atoms with Crippen LogP contribution in [0, 0.1) is 11.3 Å². The number of carbonyl (C=O) groups is 2. The van der Waals surface area contributed by atoms with Gasteiger partial charge in [0.25, 0.3) is 5.91 Å². The van der Waals surface area contributed by atoms with Gasteiger partial charge in [0.05, 0.1) is 6.54 Å². The molecule has 0 aromatic heterocycles. The molecule has 3 heterocycles. The minimum Gasteiger partial charge on any atom is -0.493 e. The second kappa shape index (κ2) is 7.06. The van der Waals surface area contributed by atoms with E-state index in [-0.39, 0.29) is 24.5 Å². The van der Waals surface area contributed by atoms with E-state index >= 15 is 0 Å². The fourth-order valence-electron chi connectivity index (χ4n) is 6.56. The highest BCUT2D eigenvalue weighted by atomic mass is 16.6. The number of hydrogen-bond acceptors (Lipinski definition) is 6. The van der Waals surface area contributed by atoms with E-state index in [2.05, 4.69) is 11.9 Å². The molecule has 2 aliphatic carbocycles. The zero-order chi connectivity index (χ0) is 22.0. The standard InChI is InChI=1S/C22H29N3O6/c1-13-3-4-17-21(11-13)5-7-23-12-14-9-15(10-16(31-17)18(14)21)25(20(27)28)22(30-2)6-8-24(29)19(22)26/h7,12-13,15,17,29H,3-6,8-11H2,1-2H3,(H,27,28)/t13?,15-,17-,21?,22-/m1/s1. The van der Waals surface area contributed by atoms with Gasteiger partial charge in [-0.2, -0.15) is 0 Å². The number of aliphatic imine (C=N–C) groups is 1. The maximum Gasteiger partial charge on any atom is 0.410 e. The Bertz CT molecular complexity index is 913. The first-order valence-electron chi connectivity index (χ1n) is 11.0. The van der Waals surface area contributed by atoms with Crippen molar-refractivity contribution in [3.63, 3.8) is 0 Å². The normalized spacial score (nSPS) is 38.9. The molecule has 1 saturated carbocycles. The van der Waals surface area contributed by atoms with Crippen LogP contribution in [0.5, 0.6) is 0 Å². The first kappa shape index (κ1) is 20.5. The predicted octanol–water partition coefficient (Wildman–Crippen LogP) is 2.91. The summed E-state index contributed by atoms with van der Waals surface area (Å²) in [5.74, 6) is 0.670. The van der Waals surface area contributed by atoms with Gasteiger partial charge in [0.15, 0.2) is 0 Å². The minimum atomic E-state index is -1.74. The second-order valence-corrected chi connectivity index (χ2v) is 9.52. The maximum absolute atomic E-state index is 12.7. The number of hydrogen-bond donors (Lipinski definition) is 2. The Hall–Kier alpha value is -2.39. The molecule has 1 spiro atoms. The molecule has 5 aliphatic rings. The number of hydroxylamine groups is 2. The largest absolute Gasteiger partial charge is 0.493 e. The van der Waals surface area contributed by atoms with Crippen molar-refractivity contribution < 1.29 is 29.4 Å². The molecule has 2 amide bonds. The summed E-state index contributed by atoms with van der Waals surface area (Å²) in [7, 11) is 1.31. The van der Waals surface area contributed by atoms with Crippen LogP contribution in [0.25, 0.3) is 0 Å². The molecule has 0 aromatic carbocycles. The van der Waals surface area contributed by atoms with Crippen molar-refractivity contribution in [2.75, 3.05) is 13.7 Å². The van der Waals surface area contributed by atoms with E-state index in [1.807, 2.05) is 12.4 Å². The summed E-state index contributed by atoms with van der Waals surface area (Å²) in [5.41, 5.74) is 0.355. The van der Waals surface area contributed by atoms with E-state index in [1.165, 1.54) is 12.7 Å². The van der Waals surface area contributed by atoms with Crippen molar-refractivity contribution in [2.45, 2.75) is 69.7 Å². The lowest BCUT2D eigenvalue weighted by Crippen LogP contribution is -2.61. The van der Waals surface area contributed by atoms with Crippen LogP contribution in [0.4, 0.5) is 4.79 Å². The van der Waals surface area contributed by atoms with Crippen LogP contribution in [-0.2, 0) is 14.3 Å². The van der Waals surface area contributed by atoms with Crippen molar-refractivity contribution in [3.05, 3.63) is 23.1 Å². The monoisotopic (exact) mass is 431 g/mol. The minimum absolute atomic E-state index is 0.0175. The summed E-state index contributed by atoms with van der Waals surface area (Å²) in [6, 6.07) is -0.555. The molecule has 3 aliphatic heterocycles. The Morgan fingerprint density at radius 1 is 1.39 bits per heavy atom. The van der Waals surface area contributed by atoms with E-state index < -0.39 is 23.8 Å². The molecule has 5 atom stereocenters. The van der Waals surface area contributed by atoms with Crippen LogP contribution in [0.1, 0.15) is 51.9 Å². The first-order valence-corrected chi connectivity index (χ1v) is 11.0. The third-order valence-electron chi connectivity index (χ3n) is 7.83. The molecule has 0 radical (unpaired) electrons. The highest BCUT2D eigenvalue weighted by Gasteiger charge is 2.60. The zero-order valence-corrected chi connectivity index (χ0v) is 17.9. The second-order valence-electron chi connectivity index (χ2n) is 9.52. The van der Waals surface area contributed by atoms with Gasteiger partial charge in [0.1, 0.15) is 11.9 Å². The Labute approximate surface area is 181 Å². The Morgan fingerprint density at radius 2 is 2.19 bits per heavy atom. The molecule has 1 saturated heterocycles. The molecule has 168 valence electrons. The molecular formula is C22H29N3O6. The summed E-state index contributed by atoms with van der Waals surface area (Å²) in [6.45, 7) is 2.30. The summed E-state index contributed by atoms with van der Waals surface area (Å²) in [6.07, 6.45) is 7.44. The van der Waals surface area contributed by atoms with Crippen LogP contribution in [0.15, 0.2) is 28.1 Å². The fourth-order valence-corrected chi connectivity index (χ4v) is 6.56. The lowest BCUT2D eigenvalue weighted by molar-refractivity contribution is -0.189. The number of ether oxygens (including phenoxy) is 2. The predicted molar refractivity (Wildman–Crippen MR) is 109 cm³/mol. The van der Waals surface area contributed by atoms with Gasteiger partial charge in [-0.1, -0.05) is 6.92 Å². The summed E-state index contributed by atoms with van der Waals surface area (Å²) < 4.78 is 12.0. The molecule has 0 bridgehead atoms. The van der Waals surface area contributed by atoms with Gasteiger partial charge >= 0.3 is 6.09 Å². The van der Waals surface area contributed by atoms with Gasteiger partial charge in [-0.05, 0) is 43.6 Å². The van der Waals surface area contributed by atoms with Gasteiger partial charge in [-0.25, -0.2) is 9.86 Å². The maximum atomic E-state index is 12.7. The van der Waals surface area contributed by atoms with Crippen molar-refractivity contribution in [1.29, 1.82) is 0 Å². The number of rotatable bonds is 3. The molecule has 2 unspecified atom stereocenters. The number of nitrogens with zero attached hydrogens (tertiary/aromatic N) is 3. The van der Waals surface area contributed by atoms with Crippen LogP contribution < -0.4 is 0 Å². The van der Waals surface area contributed by atoms with E-state index in [9.17, 15) is 19.9 Å². The topological polar surface area (TPSA) is 112 Å². The van der Waals surface area contributed by atoms with Crippen LogP contribution in [-0.4, -0.2) is 70.0 Å². The third-order valence-corrected chi connectivity index (χ3v) is 7.83. The number of carboxylic acid groups (broad SMARTS) is 1. The van der Waals surface area contributed by atoms with Crippen molar-refractivity contribution >= 4 is 18.2 Å². The smallest absolute Gasteiger partial charge is 0.410 e. The van der Waals surface area contributed by atoms with E-state index in [0.29, 0.717) is 23.8 Å². The molecular weight excluding hydrogens is 402 g/mol. The van der Waals surface area contributed by atoms with Crippen LogP contribution in [0.2, 0.25) is 0 Å². The van der Waals surface area contributed by atoms with Crippen molar-refractivity contribution in [2.24, 2.45) is 16.3 Å². The van der Waals surface area contributed by atoms with Gasteiger partial charge in [-0.3, -0.25) is 19.9 Å². The fraction of sp³-hybridized carbons (Fsp3) is 0.682. The molecule has 9 nitrogen and oxygen atoms in total. The highest BCUT2D eigenvalue weighted by Crippen LogP contribution is 2.60. The highest BCUT2D eigenvalue weighted by molar-refractivity contribution is 5.89. The van der Waals surface area contributed by atoms with E-state index in [0.717, 1.165) is 41.9 Å².